The van der Waals surface area contributed by atoms with Crippen LogP contribution >= 0.6 is 15.9 Å². The number of benzene rings is 1. The van der Waals surface area contributed by atoms with Crippen LogP contribution in [0.15, 0.2) is 22.7 Å². The molecule has 0 saturated heterocycles. The Hall–Kier alpha value is -0.870. The maximum absolute atomic E-state index is 11.4. The molecule has 1 unspecified atom stereocenters. The van der Waals surface area contributed by atoms with Crippen molar-refractivity contribution in [2.45, 2.75) is 32.8 Å². The number of ether oxygens (including phenoxy) is 1. The summed E-state index contributed by atoms with van der Waals surface area (Å²) < 4.78 is 5.64. The highest BCUT2D eigenvalue weighted by atomic mass is 79.9. The molecule has 94 valence electrons. The number of carbonyl (C=O) groups is 1. The fraction of sp³-hybridized carbons (Fsp3) is 0.462. The summed E-state index contributed by atoms with van der Waals surface area (Å²) in [4.78, 5) is 11.4. The Labute approximate surface area is 110 Å². The van der Waals surface area contributed by atoms with E-state index in [0.717, 1.165) is 10.0 Å². The van der Waals surface area contributed by atoms with Gasteiger partial charge in [-0.05, 0) is 36.1 Å². The predicted molar refractivity (Wildman–Crippen MR) is 69.8 cm³/mol. The smallest absolute Gasteiger partial charge is 0.339 e. The molecule has 1 N–H and O–H groups in total. The van der Waals surface area contributed by atoms with Crippen LogP contribution in [-0.4, -0.2) is 17.7 Å². The summed E-state index contributed by atoms with van der Waals surface area (Å²) in [6.45, 7) is 6.09. The molecule has 4 heteroatoms. The lowest BCUT2D eigenvalue weighted by molar-refractivity contribution is -0.153. The topological polar surface area (TPSA) is 46.5 Å². The van der Waals surface area contributed by atoms with Crippen LogP contribution in [0.2, 0.25) is 0 Å². The number of aliphatic hydroxyl groups excluding tert-OH is 1. The Balaban J connectivity index is 3.01. The van der Waals surface area contributed by atoms with Crippen molar-refractivity contribution in [1.82, 2.24) is 0 Å². The van der Waals surface area contributed by atoms with Crippen molar-refractivity contribution in [2.24, 2.45) is 0 Å². The summed E-state index contributed by atoms with van der Waals surface area (Å²) >= 11 is 3.37. The highest BCUT2D eigenvalue weighted by Crippen LogP contribution is 2.25. The molecule has 17 heavy (non-hydrogen) atoms. The van der Waals surface area contributed by atoms with Crippen molar-refractivity contribution in [3.05, 3.63) is 33.8 Å². The normalized spacial score (nSPS) is 12.6. The van der Waals surface area contributed by atoms with E-state index in [2.05, 4.69) is 29.8 Å². The third-order valence-electron chi connectivity index (χ3n) is 2.43. The van der Waals surface area contributed by atoms with Gasteiger partial charge in [-0.25, -0.2) is 4.79 Å². The van der Waals surface area contributed by atoms with Crippen molar-refractivity contribution < 1.29 is 14.6 Å². The van der Waals surface area contributed by atoms with Gasteiger partial charge in [-0.15, -0.1) is 0 Å². The largest absolute Gasteiger partial charge is 0.464 e. The van der Waals surface area contributed by atoms with Crippen LogP contribution in [0.25, 0.3) is 0 Å². The number of halogens is 1. The fourth-order valence-corrected chi connectivity index (χ4v) is 2.01. The van der Waals surface area contributed by atoms with Gasteiger partial charge < -0.3 is 9.84 Å². The first-order chi connectivity index (χ1) is 7.95. The summed E-state index contributed by atoms with van der Waals surface area (Å²) in [5.41, 5.74) is 1.62. The van der Waals surface area contributed by atoms with Crippen molar-refractivity contribution in [3.8, 4) is 0 Å². The Bertz CT molecular complexity index is 402. The minimum atomic E-state index is -1.22. The van der Waals surface area contributed by atoms with Gasteiger partial charge in [0.15, 0.2) is 6.10 Å². The summed E-state index contributed by atoms with van der Waals surface area (Å²) in [6, 6.07) is 5.54. The highest BCUT2D eigenvalue weighted by molar-refractivity contribution is 9.10. The predicted octanol–water partition coefficient (Wildman–Crippen LogP) is 3.17. The number of esters is 1. The lowest BCUT2D eigenvalue weighted by Gasteiger charge is -2.13. The Kier molecular flexibility index (Phi) is 5.15. The molecule has 0 amide bonds. The Morgan fingerprint density at radius 1 is 1.35 bits per heavy atom. The van der Waals surface area contributed by atoms with Gasteiger partial charge in [0.1, 0.15) is 0 Å². The number of carbonyl (C=O) groups excluding carboxylic acids is 1. The van der Waals surface area contributed by atoms with E-state index in [0.29, 0.717) is 11.5 Å². The average molecular weight is 301 g/mol. The molecule has 0 aromatic heterocycles. The van der Waals surface area contributed by atoms with Gasteiger partial charge in [0.05, 0.1) is 6.61 Å². The lowest BCUT2D eigenvalue weighted by atomic mass is 9.99. The number of hydrogen-bond acceptors (Lipinski definition) is 3. The second-order valence-electron chi connectivity index (χ2n) is 4.13. The third kappa shape index (κ3) is 3.82. The molecule has 3 nitrogen and oxygen atoms in total. The minimum absolute atomic E-state index is 0.265. The summed E-state index contributed by atoms with van der Waals surface area (Å²) in [7, 11) is 0. The lowest BCUT2D eigenvalue weighted by Crippen LogP contribution is -2.15. The number of rotatable bonds is 4. The molecule has 0 fully saturated rings. The van der Waals surface area contributed by atoms with E-state index in [1.807, 2.05) is 12.1 Å². The summed E-state index contributed by atoms with van der Waals surface area (Å²) in [5, 5.41) is 9.86. The molecule has 0 heterocycles. The van der Waals surface area contributed by atoms with Crippen LogP contribution in [0.4, 0.5) is 0 Å². The standard InChI is InChI=1S/C13H17BrO3/c1-4-17-13(16)12(15)10-5-9(8(2)3)6-11(14)7-10/h5-8,12,15H,4H2,1-3H3. The van der Waals surface area contributed by atoms with Gasteiger partial charge in [0.2, 0.25) is 0 Å². The average Bonchev–Trinajstić information content (AvgIpc) is 2.27. The van der Waals surface area contributed by atoms with Gasteiger partial charge in [-0.2, -0.15) is 0 Å². The molecule has 0 aliphatic rings. The van der Waals surface area contributed by atoms with Gasteiger partial charge in [-0.1, -0.05) is 35.8 Å². The van der Waals surface area contributed by atoms with E-state index >= 15 is 0 Å². The summed E-state index contributed by atoms with van der Waals surface area (Å²) in [6.07, 6.45) is -1.22. The minimum Gasteiger partial charge on any atom is -0.464 e. The first-order valence-corrected chi connectivity index (χ1v) is 6.40. The molecule has 1 aromatic rings. The Morgan fingerprint density at radius 3 is 2.47 bits per heavy atom. The molecular formula is C13H17BrO3. The second-order valence-corrected chi connectivity index (χ2v) is 5.04. The van der Waals surface area contributed by atoms with Gasteiger partial charge >= 0.3 is 5.97 Å². The van der Waals surface area contributed by atoms with E-state index in [-0.39, 0.29) is 6.61 Å². The maximum atomic E-state index is 11.4. The van der Waals surface area contributed by atoms with Crippen LogP contribution in [0.5, 0.6) is 0 Å². The van der Waals surface area contributed by atoms with Crippen molar-refractivity contribution in [1.29, 1.82) is 0 Å². The third-order valence-corrected chi connectivity index (χ3v) is 2.89. The van der Waals surface area contributed by atoms with E-state index < -0.39 is 12.1 Å². The van der Waals surface area contributed by atoms with Gasteiger partial charge in [0.25, 0.3) is 0 Å². The highest BCUT2D eigenvalue weighted by Gasteiger charge is 2.19. The molecular weight excluding hydrogens is 284 g/mol. The molecule has 0 bridgehead atoms. The zero-order valence-corrected chi connectivity index (χ0v) is 11.8. The van der Waals surface area contributed by atoms with Crippen LogP contribution in [-0.2, 0) is 9.53 Å². The number of aliphatic hydroxyl groups is 1. The van der Waals surface area contributed by atoms with Crippen molar-refractivity contribution in [3.63, 3.8) is 0 Å². The van der Waals surface area contributed by atoms with Crippen LogP contribution in [0.3, 0.4) is 0 Å². The van der Waals surface area contributed by atoms with Crippen molar-refractivity contribution in [2.75, 3.05) is 6.61 Å². The molecule has 1 aromatic carbocycles. The second kappa shape index (κ2) is 6.17. The molecule has 1 rings (SSSR count). The van der Waals surface area contributed by atoms with Crippen LogP contribution in [0.1, 0.15) is 43.9 Å². The zero-order valence-electron chi connectivity index (χ0n) is 10.2. The molecule has 0 saturated carbocycles. The maximum Gasteiger partial charge on any atom is 0.339 e. The summed E-state index contributed by atoms with van der Waals surface area (Å²) in [5.74, 6) is -0.277. The molecule has 0 aliphatic heterocycles. The number of hydrogen-bond donors (Lipinski definition) is 1. The van der Waals surface area contributed by atoms with Crippen molar-refractivity contribution >= 4 is 21.9 Å². The zero-order chi connectivity index (χ0) is 13.0. The molecule has 1 atom stereocenters. The van der Waals surface area contributed by atoms with E-state index in [1.165, 1.54) is 0 Å². The molecule has 0 aliphatic carbocycles. The quantitative estimate of drug-likeness (QED) is 0.869. The SMILES string of the molecule is CCOC(=O)C(O)c1cc(Br)cc(C(C)C)c1. The van der Waals surface area contributed by atoms with Crippen LogP contribution in [0, 0.1) is 0 Å². The van der Waals surface area contributed by atoms with Crippen LogP contribution < -0.4 is 0 Å². The van der Waals surface area contributed by atoms with Gasteiger partial charge in [0, 0.05) is 4.47 Å². The molecule has 0 radical (unpaired) electrons. The fourth-order valence-electron chi connectivity index (χ4n) is 1.48. The van der Waals surface area contributed by atoms with E-state index in [1.54, 1.807) is 13.0 Å². The Morgan fingerprint density at radius 2 is 1.94 bits per heavy atom. The van der Waals surface area contributed by atoms with E-state index in [9.17, 15) is 9.90 Å². The van der Waals surface area contributed by atoms with E-state index in [4.69, 9.17) is 4.74 Å². The molecule has 0 spiro atoms. The first kappa shape index (κ1) is 14.2. The van der Waals surface area contributed by atoms with Gasteiger partial charge in [-0.3, -0.25) is 0 Å². The first-order valence-electron chi connectivity index (χ1n) is 5.60. The monoisotopic (exact) mass is 300 g/mol.